The summed E-state index contributed by atoms with van der Waals surface area (Å²) in [5.41, 5.74) is 7.02. The number of methoxy groups -OCH3 is 1. The van der Waals surface area contributed by atoms with Crippen LogP contribution in [0.3, 0.4) is 0 Å². The summed E-state index contributed by atoms with van der Waals surface area (Å²) < 4.78 is 10.2. The van der Waals surface area contributed by atoms with E-state index in [0.29, 0.717) is 0 Å². The van der Waals surface area contributed by atoms with Gasteiger partial charge in [-0.25, -0.2) is 0 Å². The second-order valence-electron chi connectivity index (χ2n) is 2.89. The Balaban J connectivity index is 2.31. The van der Waals surface area contributed by atoms with Crippen LogP contribution in [0.5, 0.6) is 5.75 Å². The molecule has 0 fully saturated rings. The highest BCUT2D eigenvalue weighted by molar-refractivity contribution is 7.10. The van der Waals surface area contributed by atoms with E-state index in [2.05, 4.69) is 0 Å². The monoisotopic (exact) mass is 209 g/mol. The number of rotatable bonds is 3. The van der Waals surface area contributed by atoms with Crippen molar-refractivity contribution in [2.75, 3.05) is 7.11 Å². The summed E-state index contributed by atoms with van der Waals surface area (Å²) in [6.45, 7) is 0. The van der Waals surface area contributed by atoms with Gasteiger partial charge in [0.2, 0.25) is 0 Å². The molecular formula is C10H11NO2S. The van der Waals surface area contributed by atoms with Crippen LogP contribution in [-0.2, 0) is 0 Å². The maximum absolute atomic E-state index is 6.05. The van der Waals surface area contributed by atoms with E-state index >= 15 is 0 Å². The molecule has 2 rings (SSSR count). The quantitative estimate of drug-likeness (QED) is 0.844. The molecule has 0 aliphatic rings. The average molecular weight is 209 g/mol. The summed E-state index contributed by atoms with van der Waals surface area (Å²) in [6.07, 6.45) is 3.28. The third kappa shape index (κ3) is 1.54. The number of thiophene rings is 1. The number of furan rings is 1. The zero-order chi connectivity index (χ0) is 9.97. The summed E-state index contributed by atoms with van der Waals surface area (Å²) in [5, 5.41) is 1.97. The lowest BCUT2D eigenvalue weighted by atomic mass is 10.1. The standard InChI is InChI=1S/C10H11NO2S/c1-12-8-3-5-14-10(8)9(11)7-2-4-13-6-7/h2-6,9H,11H2,1H3. The number of ether oxygens (including phenoxy) is 1. The summed E-state index contributed by atoms with van der Waals surface area (Å²) in [4.78, 5) is 1.02. The first-order chi connectivity index (χ1) is 6.83. The van der Waals surface area contributed by atoms with Crippen molar-refractivity contribution in [3.63, 3.8) is 0 Å². The van der Waals surface area contributed by atoms with Gasteiger partial charge in [-0.2, -0.15) is 0 Å². The fourth-order valence-electron chi connectivity index (χ4n) is 1.31. The van der Waals surface area contributed by atoms with E-state index in [1.807, 2.05) is 17.5 Å². The van der Waals surface area contributed by atoms with Crippen molar-refractivity contribution in [2.45, 2.75) is 6.04 Å². The fourth-order valence-corrected chi connectivity index (χ4v) is 2.20. The van der Waals surface area contributed by atoms with Gasteiger partial charge in [-0.15, -0.1) is 11.3 Å². The number of hydrogen-bond acceptors (Lipinski definition) is 4. The van der Waals surface area contributed by atoms with Crippen LogP contribution in [0.1, 0.15) is 16.5 Å². The molecular weight excluding hydrogens is 198 g/mol. The predicted molar refractivity (Wildman–Crippen MR) is 55.6 cm³/mol. The maximum atomic E-state index is 6.05. The topological polar surface area (TPSA) is 48.4 Å². The second kappa shape index (κ2) is 3.86. The molecule has 0 aliphatic carbocycles. The summed E-state index contributed by atoms with van der Waals surface area (Å²) in [5.74, 6) is 0.837. The van der Waals surface area contributed by atoms with E-state index in [4.69, 9.17) is 14.9 Å². The van der Waals surface area contributed by atoms with Crippen LogP contribution in [-0.4, -0.2) is 7.11 Å². The minimum Gasteiger partial charge on any atom is -0.496 e. The third-order valence-corrected chi connectivity index (χ3v) is 3.04. The first-order valence-corrected chi connectivity index (χ1v) is 5.10. The van der Waals surface area contributed by atoms with Gasteiger partial charge in [0.15, 0.2) is 0 Å². The molecule has 4 heteroatoms. The molecule has 3 nitrogen and oxygen atoms in total. The van der Waals surface area contributed by atoms with Crippen molar-refractivity contribution >= 4 is 11.3 Å². The normalized spacial score (nSPS) is 12.7. The van der Waals surface area contributed by atoms with Gasteiger partial charge in [0.25, 0.3) is 0 Å². The molecule has 74 valence electrons. The van der Waals surface area contributed by atoms with Gasteiger partial charge in [-0.05, 0) is 17.5 Å². The predicted octanol–water partition coefficient (Wildman–Crippen LogP) is 2.40. The highest BCUT2D eigenvalue weighted by atomic mass is 32.1. The van der Waals surface area contributed by atoms with E-state index < -0.39 is 0 Å². The Hall–Kier alpha value is -1.26. The van der Waals surface area contributed by atoms with Crippen molar-refractivity contribution in [3.8, 4) is 5.75 Å². The van der Waals surface area contributed by atoms with Gasteiger partial charge < -0.3 is 14.9 Å². The molecule has 14 heavy (non-hydrogen) atoms. The van der Waals surface area contributed by atoms with Gasteiger partial charge in [0.05, 0.1) is 30.6 Å². The van der Waals surface area contributed by atoms with Gasteiger partial charge in [0, 0.05) is 5.56 Å². The molecule has 0 spiro atoms. The Bertz CT molecular complexity index is 394. The summed E-state index contributed by atoms with van der Waals surface area (Å²) in [7, 11) is 1.65. The molecule has 2 N–H and O–H groups in total. The van der Waals surface area contributed by atoms with Crippen LogP contribution in [0.4, 0.5) is 0 Å². The SMILES string of the molecule is COc1ccsc1C(N)c1ccoc1. The Morgan fingerprint density at radius 3 is 3.00 bits per heavy atom. The molecule has 2 aromatic rings. The largest absolute Gasteiger partial charge is 0.496 e. The first kappa shape index (κ1) is 9.30. The van der Waals surface area contributed by atoms with Crippen LogP contribution in [0.2, 0.25) is 0 Å². The Kier molecular flexibility index (Phi) is 2.56. The van der Waals surface area contributed by atoms with Crippen molar-refractivity contribution in [3.05, 3.63) is 40.5 Å². The maximum Gasteiger partial charge on any atom is 0.134 e. The second-order valence-corrected chi connectivity index (χ2v) is 3.84. The fraction of sp³-hybridized carbons (Fsp3) is 0.200. The minimum atomic E-state index is -0.163. The number of hydrogen-bond donors (Lipinski definition) is 1. The Morgan fingerprint density at radius 1 is 1.50 bits per heavy atom. The van der Waals surface area contributed by atoms with E-state index in [1.165, 1.54) is 0 Å². The van der Waals surface area contributed by atoms with Crippen molar-refractivity contribution < 1.29 is 9.15 Å². The average Bonchev–Trinajstić information content (AvgIpc) is 2.87. The number of nitrogens with two attached hydrogens (primary N) is 1. The van der Waals surface area contributed by atoms with Gasteiger partial charge in [0.1, 0.15) is 5.75 Å². The molecule has 0 aliphatic heterocycles. The van der Waals surface area contributed by atoms with Crippen molar-refractivity contribution in [2.24, 2.45) is 5.73 Å². The molecule has 0 radical (unpaired) electrons. The molecule has 0 aromatic carbocycles. The highest BCUT2D eigenvalue weighted by Gasteiger charge is 2.15. The Labute approximate surface area is 86.1 Å². The lowest BCUT2D eigenvalue weighted by molar-refractivity contribution is 0.410. The summed E-state index contributed by atoms with van der Waals surface area (Å²) >= 11 is 1.59. The molecule has 0 saturated heterocycles. The first-order valence-electron chi connectivity index (χ1n) is 4.22. The van der Waals surface area contributed by atoms with E-state index in [9.17, 15) is 0 Å². The van der Waals surface area contributed by atoms with Crippen molar-refractivity contribution in [1.82, 2.24) is 0 Å². The molecule has 1 atom stereocenters. The van der Waals surface area contributed by atoms with Gasteiger partial charge >= 0.3 is 0 Å². The smallest absolute Gasteiger partial charge is 0.134 e. The molecule has 2 heterocycles. The molecule has 0 bridgehead atoms. The highest BCUT2D eigenvalue weighted by Crippen LogP contribution is 2.33. The van der Waals surface area contributed by atoms with Gasteiger partial charge in [-0.3, -0.25) is 0 Å². The van der Waals surface area contributed by atoms with E-state index in [0.717, 1.165) is 16.2 Å². The molecule has 0 saturated carbocycles. The van der Waals surface area contributed by atoms with Crippen LogP contribution in [0, 0.1) is 0 Å². The van der Waals surface area contributed by atoms with Crippen LogP contribution >= 0.6 is 11.3 Å². The van der Waals surface area contributed by atoms with Crippen LogP contribution < -0.4 is 10.5 Å². The molecule has 1 unspecified atom stereocenters. The Morgan fingerprint density at radius 2 is 2.36 bits per heavy atom. The van der Waals surface area contributed by atoms with E-state index in [-0.39, 0.29) is 6.04 Å². The third-order valence-electron chi connectivity index (χ3n) is 2.06. The molecule has 2 aromatic heterocycles. The lowest BCUT2D eigenvalue weighted by Crippen LogP contribution is -2.10. The zero-order valence-electron chi connectivity index (χ0n) is 7.77. The minimum absolute atomic E-state index is 0.163. The van der Waals surface area contributed by atoms with Crippen LogP contribution in [0.25, 0.3) is 0 Å². The van der Waals surface area contributed by atoms with Gasteiger partial charge in [-0.1, -0.05) is 0 Å². The lowest BCUT2D eigenvalue weighted by Gasteiger charge is -2.09. The zero-order valence-corrected chi connectivity index (χ0v) is 8.58. The van der Waals surface area contributed by atoms with Crippen LogP contribution in [0.15, 0.2) is 34.5 Å². The van der Waals surface area contributed by atoms with E-state index in [1.54, 1.807) is 31.0 Å². The molecule has 0 amide bonds. The van der Waals surface area contributed by atoms with Crippen molar-refractivity contribution in [1.29, 1.82) is 0 Å². The summed E-state index contributed by atoms with van der Waals surface area (Å²) in [6, 6.07) is 3.62.